The van der Waals surface area contributed by atoms with Crippen LogP contribution in [-0.2, 0) is 15.0 Å². The van der Waals surface area contributed by atoms with Crippen molar-refractivity contribution in [3.05, 3.63) is 136 Å². The average Bonchev–Trinajstić information content (AvgIpc) is 3.24. The molecule has 0 unspecified atom stereocenters. The highest BCUT2D eigenvalue weighted by molar-refractivity contribution is 6.25. The molecule has 196 valence electrons. The Kier molecular flexibility index (Phi) is 5.32. The van der Waals surface area contributed by atoms with Crippen molar-refractivity contribution < 1.29 is 18.8 Å². The number of benzene rings is 4. The van der Waals surface area contributed by atoms with Crippen molar-refractivity contribution in [2.75, 3.05) is 4.90 Å². The topological polar surface area (TPSA) is 78.8 Å². The zero-order valence-corrected chi connectivity index (χ0v) is 21.5. The summed E-state index contributed by atoms with van der Waals surface area (Å²) in [5.74, 6) is -3.31. The molecule has 2 atom stereocenters. The molecule has 1 heterocycles. The largest absolute Gasteiger partial charge is 0.274 e. The number of anilines is 1. The SMILES string of the molecule is Cc1ccc(C(=O)N/N=C/C23c4ccccc4C(c4ccccc42)[C@@H]2C(=O)N(c4ccc(F)cc4)C(=O)[C@H]23)cc1. The number of rotatable bonds is 4. The fraction of sp³-hybridized carbons (Fsp3) is 0.152. The number of halogens is 1. The van der Waals surface area contributed by atoms with Crippen LogP contribution in [0.1, 0.15) is 44.1 Å². The summed E-state index contributed by atoms with van der Waals surface area (Å²) in [6.45, 7) is 1.94. The summed E-state index contributed by atoms with van der Waals surface area (Å²) < 4.78 is 13.7. The standard InChI is InChI=1S/C33H24FN3O3/c1-19-10-12-20(13-11-19)30(38)36-35-18-33-25-8-4-2-6-23(25)27(24-7-3-5-9-26(24)33)28-29(33)32(40)37(31(28)39)22-16-14-21(34)15-17-22/h2-18,27-29H,1H3,(H,36,38)/b35-18+/t27?,28-,29-,33?/m0/s1. The Morgan fingerprint density at radius 2 is 1.45 bits per heavy atom. The van der Waals surface area contributed by atoms with Gasteiger partial charge in [0, 0.05) is 17.7 Å². The van der Waals surface area contributed by atoms with Crippen molar-refractivity contribution in [2.45, 2.75) is 18.3 Å². The number of imide groups is 1. The molecule has 0 spiro atoms. The molecule has 4 aromatic rings. The van der Waals surface area contributed by atoms with Gasteiger partial charge in [0.1, 0.15) is 5.82 Å². The van der Waals surface area contributed by atoms with Crippen LogP contribution in [-0.4, -0.2) is 23.9 Å². The predicted octanol–water partition coefficient (Wildman–Crippen LogP) is 5.10. The van der Waals surface area contributed by atoms with E-state index in [0.29, 0.717) is 11.3 Å². The van der Waals surface area contributed by atoms with Gasteiger partial charge in [0.15, 0.2) is 0 Å². The number of hydrogen-bond acceptors (Lipinski definition) is 4. The Hall–Kier alpha value is -4.91. The van der Waals surface area contributed by atoms with E-state index in [-0.39, 0.29) is 23.6 Å². The van der Waals surface area contributed by atoms with Gasteiger partial charge in [-0.05, 0) is 65.6 Å². The second-order valence-corrected chi connectivity index (χ2v) is 10.6. The van der Waals surface area contributed by atoms with Gasteiger partial charge in [0.2, 0.25) is 11.8 Å². The van der Waals surface area contributed by atoms with Crippen LogP contribution in [0.4, 0.5) is 10.1 Å². The smallest absolute Gasteiger partial charge is 0.271 e. The van der Waals surface area contributed by atoms with Crippen LogP contribution >= 0.6 is 0 Å². The molecule has 0 saturated carbocycles. The van der Waals surface area contributed by atoms with E-state index in [9.17, 15) is 18.8 Å². The highest BCUT2D eigenvalue weighted by atomic mass is 19.1. The Balaban J connectivity index is 1.39. The van der Waals surface area contributed by atoms with Crippen molar-refractivity contribution >= 4 is 29.6 Å². The number of nitrogens with one attached hydrogen (secondary N) is 1. The van der Waals surface area contributed by atoms with Crippen molar-refractivity contribution in [1.29, 1.82) is 0 Å². The first-order chi connectivity index (χ1) is 19.4. The van der Waals surface area contributed by atoms with E-state index in [2.05, 4.69) is 10.5 Å². The fourth-order valence-electron chi connectivity index (χ4n) is 6.86. The van der Waals surface area contributed by atoms with Gasteiger partial charge in [0.25, 0.3) is 5.91 Å². The van der Waals surface area contributed by atoms with Crippen LogP contribution in [0.5, 0.6) is 0 Å². The van der Waals surface area contributed by atoms with Crippen molar-refractivity contribution in [3.63, 3.8) is 0 Å². The molecule has 0 radical (unpaired) electrons. The number of carbonyl (C=O) groups is 3. The minimum atomic E-state index is -1.10. The van der Waals surface area contributed by atoms with Crippen molar-refractivity contribution in [1.82, 2.24) is 5.43 Å². The molecular weight excluding hydrogens is 505 g/mol. The summed E-state index contributed by atoms with van der Waals surface area (Å²) >= 11 is 0. The molecule has 1 N–H and O–H groups in total. The molecule has 2 bridgehead atoms. The molecule has 4 aromatic carbocycles. The maximum atomic E-state index is 14.3. The maximum absolute atomic E-state index is 14.3. The van der Waals surface area contributed by atoms with E-state index in [1.165, 1.54) is 29.2 Å². The molecule has 6 nitrogen and oxygen atoms in total. The molecule has 40 heavy (non-hydrogen) atoms. The monoisotopic (exact) mass is 529 g/mol. The Bertz CT molecular complexity index is 1680. The molecule has 1 fully saturated rings. The molecule has 8 rings (SSSR count). The first-order valence-electron chi connectivity index (χ1n) is 13.2. The maximum Gasteiger partial charge on any atom is 0.271 e. The molecule has 4 aliphatic rings. The van der Waals surface area contributed by atoms with Crippen molar-refractivity contribution in [3.8, 4) is 0 Å². The van der Waals surface area contributed by atoms with Gasteiger partial charge >= 0.3 is 0 Å². The number of nitrogens with zero attached hydrogens (tertiary/aromatic N) is 2. The lowest BCUT2D eigenvalue weighted by molar-refractivity contribution is -0.122. The van der Waals surface area contributed by atoms with Crippen LogP contribution in [0.15, 0.2) is 102 Å². The van der Waals surface area contributed by atoms with E-state index in [1.807, 2.05) is 67.6 Å². The molecule has 7 heteroatoms. The van der Waals surface area contributed by atoms with Gasteiger partial charge in [-0.1, -0.05) is 66.2 Å². The number of hydrogen-bond donors (Lipinski definition) is 1. The van der Waals surface area contributed by atoms with E-state index in [1.54, 1.807) is 18.3 Å². The first kappa shape index (κ1) is 24.2. The first-order valence-corrected chi connectivity index (χ1v) is 13.2. The molecule has 1 saturated heterocycles. The number of amides is 3. The third kappa shape index (κ3) is 3.27. The molecule has 0 aromatic heterocycles. The van der Waals surface area contributed by atoms with Gasteiger partial charge in [-0.15, -0.1) is 0 Å². The summed E-state index contributed by atoms with van der Waals surface area (Å²) in [4.78, 5) is 42.4. The summed E-state index contributed by atoms with van der Waals surface area (Å²) in [5, 5.41) is 4.43. The lowest BCUT2D eigenvalue weighted by atomic mass is 9.47. The number of hydrazone groups is 1. The predicted molar refractivity (Wildman–Crippen MR) is 149 cm³/mol. The minimum absolute atomic E-state index is 0.322. The summed E-state index contributed by atoms with van der Waals surface area (Å²) in [5.41, 5.74) is 7.05. The highest BCUT2D eigenvalue weighted by Crippen LogP contribution is 2.63. The Morgan fingerprint density at radius 1 is 0.850 bits per heavy atom. The van der Waals surface area contributed by atoms with Gasteiger partial charge in [-0.2, -0.15) is 5.10 Å². The van der Waals surface area contributed by atoms with Crippen LogP contribution in [0, 0.1) is 24.6 Å². The second kappa shape index (κ2) is 8.81. The summed E-state index contributed by atoms with van der Waals surface area (Å²) in [6, 6.07) is 28.2. The van der Waals surface area contributed by atoms with E-state index < -0.39 is 23.1 Å². The van der Waals surface area contributed by atoms with E-state index >= 15 is 0 Å². The number of aryl methyl sites for hydroxylation is 1. The fourth-order valence-corrected chi connectivity index (χ4v) is 6.86. The Labute approximate surface area is 230 Å². The lowest BCUT2D eigenvalue weighted by Crippen LogP contribution is -2.54. The van der Waals surface area contributed by atoms with Crippen LogP contribution < -0.4 is 10.3 Å². The third-order valence-electron chi connectivity index (χ3n) is 8.52. The highest BCUT2D eigenvalue weighted by Gasteiger charge is 2.68. The average molecular weight is 530 g/mol. The van der Waals surface area contributed by atoms with Gasteiger partial charge in [-0.25, -0.2) is 14.7 Å². The van der Waals surface area contributed by atoms with Gasteiger partial charge in [0.05, 0.1) is 22.9 Å². The van der Waals surface area contributed by atoms with Crippen LogP contribution in [0.2, 0.25) is 0 Å². The van der Waals surface area contributed by atoms with Crippen LogP contribution in [0.25, 0.3) is 0 Å². The lowest BCUT2D eigenvalue weighted by Gasteiger charge is -2.52. The zero-order chi connectivity index (χ0) is 27.6. The van der Waals surface area contributed by atoms with Crippen molar-refractivity contribution in [2.24, 2.45) is 16.9 Å². The quantitative estimate of drug-likeness (QED) is 0.227. The number of carbonyl (C=O) groups excluding carboxylic acids is 3. The van der Waals surface area contributed by atoms with Crippen LogP contribution in [0.3, 0.4) is 0 Å². The Morgan fingerprint density at radius 3 is 2.08 bits per heavy atom. The minimum Gasteiger partial charge on any atom is -0.274 e. The van der Waals surface area contributed by atoms with Gasteiger partial charge < -0.3 is 0 Å². The summed E-state index contributed by atoms with van der Waals surface area (Å²) in [6.07, 6.45) is 1.63. The third-order valence-corrected chi connectivity index (χ3v) is 8.52. The summed E-state index contributed by atoms with van der Waals surface area (Å²) in [7, 11) is 0. The van der Waals surface area contributed by atoms with E-state index in [0.717, 1.165) is 27.8 Å². The molecule has 3 aliphatic carbocycles. The molecule has 3 amide bonds. The van der Waals surface area contributed by atoms with E-state index in [4.69, 9.17) is 0 Å². The zero-order valence-electron chi connectivity index (χ0n) is 21.5. The normalized spacial score (nSPS) is 24.1. The molecule has 1 aliphatic heterocycles. The van der Waals surface area contributed by atoms with Gasteiger partial charge in [-0.3, -0.25) is 14.4 Å². The second-order valence-electron chi connectivity index (χ2n) is 10.6. The molecular formula is C33H24FN3O3.